The quantitative estimate of drug-likeness (QED) is 0.753. The molecule has 0 unspecified atom stereocenters. The summed E-state index contributed by atoms with van der Waals surface area (Å²) < 4.78 is 0. The fraction of sp³-hybridized carbons (Fsp3) is 0.333. The predicted molar refractivity (Wildman–Crippen MR) is 95.5 cm³/mol. The van der Waals surface area contributed by atoms with Crippen molar-refractivity contribution in [2.75, 3.05) is 7.05 Å². The highest BCUT2D eigenvalue weighted by atomic mass is 16.2. The highest BCUT2D eigenvalue weighted by molar-refractivity contribution is 5.84. The molecule has 0 aliphatic carbocycles. The largest absolute Gasteiger partial charge is 0.340 e. The Kier molecular flexibility index (Phi) is 4.40. The number of aromatic nitrogens is 1. The van der Waals surface area contributed by atoms with Crippen LogP contribution in [0.2, 0.25) is 0 Å². The summed E-state index contributed by atoms with van der Waals surface area (Å²) in [6, 6.07) is 13.8. The van der Waals surface area contributed by atoms with Crippen LogP contribution in [0.1, 0.15) is 49.4 Å². The number of piperidine rings is 1. The molecule has 122 valence electrons. The van der Waals surface area contributed by atoms with E-state index in [0.29, 0.717) is 0 Å². The Morgan fingerprint density at radius 2 is 1.79 bits per heavy atom. The zero-order valence-corrected chi connectivity index (χ0v) is 14.4. The summed E-state index contributed by atoms with van der Waals surface area (Å²) in [7, 11) is 1.88. The molecule has 1 aromatic heterocycles. The topological polar surface area (TPSA) is 33.2 Å². The maximum absolute atomic E-state index is 12.6. The lowest BCUT2D eigenvalue weighted by Gasteiger charge is -2.42. The third-order valence-electron chi connectivity index (χ3n) is 4.85. The summed E-state index contributed by atoms with van der Waals surface area (Å²) in [6.07, 6.45) is 3.59. The Hall–Kier alpha value is -2.60. The molecule has 1 aromatic carbocycles. The Balaban J connectivity index is 1.76. The number of likely N-dealkylation sites (tertiary alicyclic amines) is 1. The maximum atomic E-state index is 12.6. The molecule has 0 spiro atoms. The number of hydrogen-bond donors (Lipinski definition) is 0. The minimum Gasteiger partial charge on any atom is -0.340 e. The summed E-state index contributed by atoms with van der Waals surface area (Å²) in [6.45, 7) is 4.22. The molecule has 1 amide bonds. The molecule has 0 saturated carbocycles. The Labute approximate surface area is 143 Å². The van der Waals surface area contributed by atoms with Gasteiger partial charge in [0.1, 0.15) is 0 Å². The first kappa shape index (κ1) is 16.3. The summed E-state index contributed by atoms with van der Waals surface area (Å²) in [5, 5.41) is 0. The minimum atomic E-state index is -0.140. The fourth-order valence-electron chi connectivity index (χ4n) is 2.95. The van der Waals surface area contributed by atoms with Crippen molar-refractivity contribution < 1.29 is 4.79 Å². The van der Waals surface area contributed by atoms with E-state index in [-0.39, 0.29) is 17.4 Å². The van der Waals surface area contributed by atoms with E-state index < -0.39 is 0 Å². The van der Waals surface area contributed by atoms with E-state index >= 15 is 0 Å². The van der Waals surface area contributed by atoms with E-state index in [1.807, 2.05) is 54.4 Å². The molecule has 3 rings (SSSR count). The summed E-state index contributed by atoms with van der Waals surface area (Å²) in [5.74, 6) is 6.25. The zero-order valence-electron chi connectivity index (χ0n) is 14.4. The summed E-state index contributed by atoms with van der Waals surface area (Å²) >= 11 is 0. The maximum Gasteiger partial charge on any atom is 0.231 e. The molecule has 2 aromatic rings. The predicted octanol–water partition coefficient (Wildman–Crippen LogP) is 3.60. The standard InChI is InChI=1S/C21H22N2O/c1-21(2)14-13-18(20(24)23(21)3)19-12-11-17(15-22-19)10-9-16-7-5-4-6-8-16/h4-8,11-12,15,18H,13-14H2,1-3H3/t18-/m0/s1. The lowest BCUT2D eigenvalue weighted by molar-refractivity contribution is -0.140. The third kappa shape index (κ3) is 3.33. The average molecular weight is 318 g/mol. The number of hydrogen-bond acceptors (Lipinski definition) is 2. The fourth-order valence-corrected chi connectivity index (χ4v) is 2.95. The minimum absolute atomic E-state index is 0.0747. The van der Waals surface area contributed by atoms with Crippen molar-refractivity contribution >= 4 is 5.91 Å². The van der Waals surface area contributed by atoms with Crippen LogP contribution >= 0.6 is 0 Å². The van der Waals surface area contributed by atoms with E-state index in [4.69, 9.17) is 0 Å². The van der Waals surface area contributed by atoms with Gasteiger partial charge in [-0.15, -0.1) is 0 Å². The Morgan fingerprint density at radius 3 is 2.46 bits per heavy atom. The van der Waals surface area contributed by atoms with Gasteiger partial charge in [-0.3, -0.25) is 9.78 Å². The van der Waals surface area contributed by atoms with Crippen LogP contribution < -0.4 is 0 Å². The van der Waals surface area contributed by atoms with E-state index in [1.54, 1.807) is 6.20 Å². The van der Waals surface area contributed by atoms with Gasteiger partial charge in [-0.05, 0) is 51.0 Å². The van der Waals surface area contributed by atoms with Crippen LogP contribution in [-0.2, 0) is 4.79 Å². The molecule has 3 nitrogen and oxygen atoms in total. The van der Waals surface area contributed by atoms with Gasteiger partial charge in [0.05, 0.1) is 11.6 Å². The lowest BCUT2D eigenvalue weighted by atomic mass is 9.83. The first-order chi connectivity index (χ1) is 11.5. The first-order valence-electron chi connectivity index (χ1n) is 8.28. The molecule has 2 heterocycles. The van der Waals surface area contributed by atoms with Crippen molar-refractivity contribution in [1.29, 1.82) is 0 Å². The second-order valence-corrected chi connectivity index (χ2v) is 6.89. The van der Waals surface area contributed by atoms with Crippen molar-refractivity contribution in [3.8, 4) is 11.8 Å². The number of nitrogens with zero attached hydrogens (tertiary/aromatic N) is 2. The van der Waals surface area contributed by atoms with Gasteiger partial charge in [-0.1, -0.05) is 30.0 Å². The Bertz CT molecular complexity index is 782. The van der Waals surface area contributed by atoms with Crippen molar-refractivity contribution in [3.63, 3.8) is 0 Å². The molecule has 24 heavy (non-hydrogen) atoms. The molecule has 1 fully saturated rings. The third-order valence-corrected chi connectivity index (χ3v) is 4.85. The van der Waals surface area contributed by atoms with Gasteiger partial charge in [0.15, 0.2) is 0 Å². The van der Waals surface area contributed by atoms with Crippen LogP contribution in [-0.4, -0.2) is 28.4 Å². The number of likely N-dealkylation sites (N-methyl/N-ethyl adjacent to an activating group) is 1. The van der Waals surface area contributed by atoms with Gasteiger partial charge in [0.2, 0.25) is 5.91 Å². The van der Waals surface area contributed by atoms with Crippen LogP contribution in [0.4, 0.5) is 0 Å². The van der Waals surface area contributed by atoms with Crippen molar-refractivity contribution in [2.45, 2.75) is 38.1 Å². The first-order valence-corrected chi connectivity index (χ1v) is 8.28. The monoisotopic (exact) mass is 318 g/mol. The van der Waals surface area contributed by atoms with Gasteiger partial charge < -0.3 is 4.90 Å². The second-order valence-electron chi connectivity index (χ2n) is 6.89. The van der Waals surface area contributed by atoms with Gasteiger partial charge in [0, 0.05) is 29.9 Å². The van der Waals surface area contributed by atoms with Gasteiger partial charge in [0.25, 0.3) is 0 Å². The lowest BCUT2D eigenvalue weighted by Crippen LogP contribution is -2.51. The number of carbonyl (C=O) groups excluding carboxylic acids is 1. The average Bonchev–Trinajstić information content (AvgIpc) is 2.60. The van der Waals surface area contributed by atoms with E-state index in [2.05, 4.69) is 30.7 Å². The molecule has 1 aliphatic rings. The van der Waals surface area contributed by atoms with Crippen LogP contribution in [0.25, 0.3) is 0 Å². The molecular formula is C21H22N2O. The molecule has 1 aliphatic heterocycles. The van der Waals surface area contributed by atoms with Gasteiger partial charge in [-0.2, -0.15) is 0 Å². The zero-order chi connectivity index (χ0) is 17.2. The molecule has 0 radical (unpaired) electrons. The molecule has 0 bridgehead atoms. The summed E-state index contributed by atoms with van der Waals surface area (Å²) in [4.78, 5) is 18.9. The SMILES string of the molecule is CN1C(=O)[C@H](c2ccc(C#Cc3ccccc3)cn2)CCC1(C)C. The molecule has 3 heteroatoms. The molecule has 1 saturated heterocycles. The normalized spacial score (nSPS) is 19.5. The second kappa shape index (κ2) is 6.49. The van der Waals surface area contributed by atoms with E-state index in [9.17, 15) is 4.79 Å². The smallest absolute Gasteiger partial charge is 0.231 e. The number of benzene rings is 1. The van der Waals surface area contributed by atoms with Crippen LogP contribution in [0.15, 0.2) is 48.7 Å². The highest BCUT2D eigenvalue weighted by Gasteiger charge is 2.38. The van der Waals surface area contributed by atoms with Crippen LogP contribution in [0.3, 0.4) is 0 Å². The number of amides is 1. The van der Waals surface area contributed by atoms with Crippen LogP contribution in [0.5, 0.6) is 0 Å². The number of pyridine rings is 1. The van der Waals surface area contributed by atoms with Crippen molar-refractivity contribution in [3.05, 3.63) is 65.5 Å². The van der Waals surface area contributed by atoms with Gasteiger partial charge >= 0.3 is 0 Å². The van der Waals surface area contributed by atoms with Gasteiger partial charge in [-0.25, -0.2) is 0 Å². The molecule has 1 atom stereocenters. The number of rotatable bonds is 1. The van der Waals surface area contributed by atoms with Crippen LogP contribution in [0, 0.1) is 11.8 Å². The molecule has 0 N–H and O–H groups in total. The Morgan fingerprint density at radius 1 is 1.08 bits per heavy atom. The number of carbonyl (C=O) groups is 1. The van der Waals surface area contributed by atoms with Crippen molar-refractivity contribution in [2.24, 2.45) is 0 Å². The van der Waals surface area contributed by atoms with E-state index in [1.165, 1.54) is 0 Å². The van der Waals surface area contributed by atoms with E-state index in [0.717, 1.165) is 29.7 Å². The summed E-state index contributed by atoms with van der Waals surface area (Å²) in [5.41, 5.74) is 2.61. The highest BCUT2D eigenvalue weighted by Crippen LogP contribution is 2.34. The van der Waals surface area contributed by atoms with Crippen molar-refractivity contribution in [1.82, 2.24) is 9.88 Å². The molecular weight excluding hydrogens is 296 g/mol.